The summed E-state index contributed by atoms with van der Waals surface area (Å²) in [6.45, 7) is 9.48. The van der Waals surface area contributed by atoms with Gasteiger partial charge < -0.3 is 29.5 Å². The number of aliphatic hydroxyl groups excluding tert-OH is 2. The molecule has 0 aromatic rings. The smallest absolute Gasteiger partial charge is 0.189 e. The molecule has 0 bridgehead atoms. The van der Waals surface area contributed by atoms with E-state index in [4.69, 9.17) is 14.2 Å². The van der Waals surface area contributed by atoms with Crippen LogP contribution in [-0.2, 0) is 14.2 Å². The van der Waals surface area contributed by atoms with Crippen molar-refractivity contribution in [2.75, 3.05) is 6.61 Å². The molecule has 0 aromatic heterocycles. The third-order valence-electron chi connectivity index (χ3n) is 10.3. The summed E-state index contributed by atoms with van der Waals surface area (Å²) in [6, 6.07) is 0. The lowest BCUT2D eigenvalue weighted by molar-refractivity contribution is -0.354. The molecule has 6 aliphatic rings. The van der Waals surface area contributed by atoms with Crippen molar-refractivity contribution in [3.63, 3.8) is 0 Å². The summed E-state index contributed by atoms with van der Waals surface area (Å²) in [5.41, 5.74) is 1.97. The Morgan fingerprint density at radius 3 is 2.52 bits per heavy atom. The van der Waals surface area contributed by atoms with Gasteiger partial charge in [0.1, 0.15) is 17.8 Å². The van der Waals surface area contributed by atoms with Crippen molar-refractivity contribution in [3.05, 3.63) is 11.1 Å². The highest BCUT2D eigenvalue weighted by Crippen LogP contribution is 2.68. The van der Waals surface area contributed by atoms with Gasteiger partial charge in [0.25, 0.3) is 0 Å². The Bertz CT molecular complexity index is 810. The molecule has 0 spiro atoms. The van der Waals surface area contributed by atoms with Crippen molar-refractivity contribution in [2.24, 2.45) is 34.5 Å². The van der Waals surface area contributed by atoms with Crippen LogP contribution in [0, 0.1) is 34.5 Å². The van der Waals surface area contributed by atoms with Crippen molar-refractivity contribution in [1.82, 2.24) is 0 Å². The molecule has 3 aliphatic carbocycles. The highest BCUT2D eigenvalue weighted by Gasteiger charge is 2.74. The zero-order valence-corrected chi connectivity index (χ0v) is 19.2. The molecule has 2 saturated carbocycles. The molecule has 1 unspecified atom stereocenters. The van der Waals surface area contributed by atoms with E-state index in [9.17, 15) is 15.3 Å². The van der Waals surface area contributed by atoms with E-state index in [-0.39, 0.29) is 35.4 Å². The fourth-order valence-corrected chi connectivity index (χ4v) is 8.68. The maximum atomic E-state index is 11.9. The number of hydrogen-bond acceptors (Lipinski definition) is 6. The minimum absolute atomic E-state index is 0.0509. The summed E-state index contributed by atoms with van der Waals surface area (Å²) in [4.78, 5) is 0. The van der Waals surface area contributed by atoms with Gasteiger partial charge >= 0.3 is 0 Å². The van der Waals surface area contributed by atoms with Gasteiger partial charge in [-0.05, 0) is 55.8 Å². The monoisotopic (exact) mass is 434 g/mol. The van der Waals surface area contributed by atoms with Crippen LogP contribution in [0.15, 0.2) is 11.1 Å². The zero-order valence-electron chi connectivity index (χ0n) is 19.2. The first-order valence-electron chi connectivity index (χ1n) is 12.4. The SMILES string of the molecule is CC(C)C1=C2[C@H]3CC[C@H]4[C@@H]5[C@H](O[C@@H]6OC[C@@H](O)[C@H](O[C@@H]4O)C65O)[C@]3(C)CC[C@@]2(C)CC1. The maximum Gasteiger partial charge on any atom is 0.189 e. The Kier molecular flexibility index (Phi) is 4.45. The Hall–Kier alpha value is -0.500. The normalized spacial score (nSPS) is 58.1. The second-order valence-electron chi connectivity index (χ2n) is 12.1. The summed E-state index contributed by atoms with van der Waals surface area (Å²) in [5.74, 6) is 0.396. The summed E-state index contributed by atoms with van der Waals surface area (Å²) in [5, 5.41) is 33.5. The van der Waals surface area contributed by atoms with Crippen molar-refractivity contribution in [3.8, 4) is 0 Å². The van der Waals surface area contributed by atoms with Gasteiger partial charge in [-0.3, -0.25) is 0 Å². The average molecular weight is 435 g/mol. The molecule has 5 fully saturated rings. The molecule has 6 heteroatoms. The lowest BCUT2D eigenvalue weighted by Crippen LogP contribution is -2.70. The van der Waals surface area contributed by atoms with Crippen LogP contribution in [-0.4, -0.2) is 58.4 Å². The van der Waals surface area contributed by atoms with E-state index >= 15 is 0 Å². The van der Waals surface area contributed by atoms with E-state index in [0.29, 0.717) is 11.8 Å². The zero-order chi connectivity index (χ0) is 21.9. The summed E-state index contributed by atoms with van der Waals surface area (Å²) >= 11 is 0. The molecule has 11 atom stereocenters. The molecular weight excluding hydrogens is 396 g/mol. The van der Waals surface area contributed by atoms with Crippen LogP contribution in [0.25, 0.3) is 0 Å². The third kappa shape index (κ3) is 2.50. The van der Waals surface area contributed by atoms with Crippen LogP contribution in [0.1, 0.15) is 66.2 Å². The maximum absolute atomic E-state index is 11.9. The van der Waals surface area contributed by atoms with Gasteiger partial charge in [-0.25, -0.2) is 0 Å². The Balaban J connectivity index is 1.49. The molecule has 3 N–H and O–H groups in total. The molecule has 6 nitrogen and oxygen atoms in total. The number of ether oxygens (including phenoxy) is 3. The van der Waals surface area contributed by atoms with Gasteiger partial charge in [-0.2, -0.15) is 0 Å². The van der Waals surface area contributed by atoms with Crippen molar-refractivity contribution in [2.45, 2.75) is 103 Å². The number of fused-ring (bicyclic) bond motifs is 4. The van der Waals surface area contributed by atoms with Gasteiger partial charge in [-0.15, -0.1) is 0 Å². The first-order chi connectivity index (χ1) is 14.6. The minimum Gasteiger partial charge on any atom is -0.388 e. The summed E-state index contributed by atoms with van der Waals surface area (Å²) in [7, 11) is 0. The van der Waals surface area contributed by atoms with Gasteiger partial charge in [0.05, 0.1) is 12.7 Å². The fraction of sp³-hybridized carbons (Fsp3) is 0.920. The van der Waals surface area contributed by atoms with Crippen LogP contribution < -0.4 is 0 Å². The predicted molar refractivity (Wildman–Crippen MR) is 113 cm³/mol. The highest BCUT2D eigenvalue weighted by atomic mass is 16.7. The second-order valence-corrected chi connectivity index (χ2v) is 12.1. The van der Waals surface area contributed by atoms with Gasteiger partial charge in [0.15, 0.2) is 12.6 Å². The van der Waals surface area contributed by atoms with E-state index < -0.39 is 30.4 Å². The van der Waals surface area contributed by atoms with Crippen molar-refractivity contribution < 1.29 is 29.5 Å². The molecule has 0 aromatic carbocycles. The molecule has 174 valence electrons. The van der Waals surface area contributed by atoms with Gasteiger partial charge in [0.2, 0.25) is 0 Å². The molecule has 3 saturated heterocycles. The lowest BCUT2D eigenvalue weighted by atomic mass is 9.53. The Morgan fingerprint density at radius 2 is 1.77 bits per heavy atom. The molecule has 0 radical (unpaired) electrons. The van der Waals surface area contributed by atoms with Gasteiger partial charge in [-0.1, -0.05) is 38.8 Å². The van der Waals surface area contributed by atoms with Crippen molar-refractivity contribution in [1.29, 1.82) is 0 Å². The van der Waals surface area contributed by atoms with Crippen LogP contribution in [0.5, 0.6) is 0 Å². The van der Waals surface area contributed by atoms with E-state index in [1.165, 1.54) is 12.8 Å². The third-order valence-corrected chi connectivity index (χ3v) is 10.3. The molecule has 3 aliphatic heterocycles. The quantitative estimate of drug-likeness (QED) is 0.550. The molecular formula is C25H38O6. The number of rotatable bonds is 1. The number of allylic oxidation sites excluding steroid dienone is 2. The lowest BCUT2D eigenvalue weighted by Gasteiger charge is -2.54. The Labute approximate surface area is 184 Å². The van der Waals surface area contributed by atoms with Crippen LogP contribution >= 0.6 is 0 Å². The predicted octanol–water partition coefficient (Wildman–Crippen LogP) is 2.75. The van der Waals surface area contributed by atoms with E-state index in [0.717, 1.165) is 25.7 Å². The van der Waals surface area contributed by atoms with E-state index in [2.05, 4.69) is 27.7 Å². The van der Waals surface area contributed by atoms with Crippen LogP contribution in [0.2, 0.25) is 0 Å². The molecule has 0 amide bonds. The number of hydrogen-bond donors (Lipinski definition) is 3. The second kappa shape index (κ2) is 6.55. The molecule has 31 heavy (non-hydrogen) atoms. The summed E-state index contributed by atoms with van der Waals surface area (Å²) < 4.78 is 18.3. The first kappa shape index (κ1) is 21.1. The minimum atomic E-state index is -1.42. The topological polar surface area (TPSA) is 88.4 Å². The standard InChI is InChI=1S/C25H38O6/c1-12(2)13-7-8-23(3)9-10-24(4)15(17(13)23)6-5-14-18-20(24)31-22-25(18,28)19(30-21(14)27)16(26)11-29-22/h12,14-16,18-22,26-28H,5-11H2,1-4H3/t14-,15+,16+,18+,19-,20-,21-,22-,23+,24+,25?/m0/s1. The average Bonchev–Trinajstić information content (AvgIpc) is 3.18. The summed E-state index contributed by atoms with van der Waals surface area (Å²) in [6.07, 6.45) is 2.49. The Morgan fingerprint density at radius 1 is 1.00 bits per heavy atom. The molecule has 6 rings (SSSR count). The van der Waals surface area contributed by atoms with Crippen LogP contribution in [0.4, 0.5) is 0 Å². The number of aliphatic hydroxyl groups is 3. The van der Waals surface area contributed by atoms with E-state index in [1.54, 1.807) is 11.1 Å². The molecule has 3 heterocycles. The van der Waals surface area contributed by atoms with Crippen molar-refractivity contribution >= 4 is 0 Å². The highest BCUT2D eigenvalue weighted by molar-refractivity contribution is 5.36. The fourth-order valence-electron chi connectivity index (χ4n) is 8.68. The largest absolute Gasteiger partial charge is 0.388 e. The van der Waals surface area contributed by atoms with E-state index in [1.807, 2.05) is 0 Å². The first-order valence-corrected chi connectivity index (χ1v) is 12.4. The van der Waals surface area contributed by atoms with Gasteiger partial charge in [0, 0.05) is 17.3 Å². The van der Waals surface area contributed by atoms with Crippen LogP contribution in [0.3, 0.4) is 0 Å².